The molecular formula is C11H22N2O4. The van der Waals surface area contributed by atoms with E-state index in [2.05, 4.69) is 5.32 Å². The van der Waals surface area contributed by atoms with Crippen molar-refractivity contribution in [2.24, 2.45) is 5.73 Å². The number of hydrogen-bond acceptors (Lipinski definition) is 4. The Labute approximate surface area is 101 Å². The predicted molar refractivity (Wildman–Crippen MR) is 63.4 cm³/mol. The molecule has 0 fully saturated rings. The summed E-state index contributed by atoms with van der Waals surface area (Å²) in [7, 11) is 0. The molecule has 100 valence electrons. The van der Waals surface area contributed by atoms with E-state index in [1.54, 1.807) is 0 Å². The second-order valence-corrected chi connectivity index (χ2v) is 4.44. The molecule has 1 amide bonds. The van der Waals surface area contributed by atoms with Gasteiger partial charge in [0.05, 0.1) is 12.0 Å². The number of aliphatic hydroxyl groups is 1. The Balaban J connectivity index is 3.71. The molecule has 0 aliphatic rings. The van der Waals surface area contributed by atoms with E-state index in [-0.39, 0.29) is 18.9 Å². The molecule has 1 unspecified atom stereocenters. The molecule has 0 aromatic rings. The third-order valence-corrected chi connectivity index (χ3v) is 2.31. The third kappa shape index (κ3) is 9.77. The SMILES string of the molecule is CC(O)(CNC(=O)CCCCCN)CC(=O)O. The highest BCUT2D eigenvalue weighted by atomic mass is 16.4. The first-order valence-electron chi connectivity index (χ1n) is 5.78. The molecule has 0 saturated carbocycles. The summed E-state index contributed by atoms with van der Waals surface area (Å²) in [5.41, 5.74) is 3.91. The van der Waals surface area contributed by atoms with E-state index >= 15 is 0 Å². The Hall–Kier alpha value is -1.14. The number of nitrogens with two attached hydrogens (primary N) is 1. The largest absolute Gasteiger partial charge is 0.481 e. The van der Waals surface area contributed by atoms with E-state index in [1.807, 2.05) is 0 Å². The Morgan fingerprint density at radius 1 is 1.29 bits per heavy atom. The Bertz CT molecular complexity index is 254. The average molecular weight is 246 g/mol. The molecule has 17 heavy (non-hydrogen) atoms. The van der Waals surface area contributed by atoms with Crippen molar-refractivity contribution in [3.05, 3.63) is 0 Å². The zero-order valence-corrected chi connectivity index (χ0v) is 10.2. The minimum atomic E-state index is -1.40. The summed E-state index contributed by atoms with van der Waals surface area (Å²) in [6.45, 7) is 1.96. The van der Waals surface area contributed by atoms with E-state index in [0.717, 1.165) is 19.3 Å². The van der Waals surface area contributed by atoms with Crippen molar-refractivity contribution in [3.8, 4) is 0 Å². The molecule has 0 radical (unpaired) electrons. The highest BCUT2D eigenvalue weighted by molar-refractivity contribution is 5.76. The second kappa shape index (κ2) is 8.03. The van der Waals surface area contributed by atoms with Crippen LogP contribution < -0.4 is 11.1 Å². The number of carbonyl (C=O) groups is 2. The van der Waals surface area contributed by atoms with Crippen LogP contribution in [0.4, 0.5) is 0 Å². The van der Waals surface area contributed by atoms with Crippen LogP contribution in [0, 0.1) is 0 Å². The smallest absolute Gasteiger partial charge is 0.306 e. The molecule has 0 rings (SSSR count). The van der Waals surface area contributed by atoms with Crippen molar-refractivity contribution < 1.29 is 19.8 Å². The minimum Gasteiger partial charge on any atom is -0.481 e. The second-order valence-electron chi connectivity index (χ2n) is 4.44. The van der Waals surface area contributed by atoms with Gasteiger partial charge in [-0.1, -0.05) is 6.42 Å². The van der Waals surface area contributed by atoms with Gasteiger partial charge in [-0.3, -0.25) is 9.59 Å². The van der Waals surface area contributed by atoms with Crippen molar-refractivity contribution in [1.82, 2.24) is 5.32 Å². The van der Waals surface area contributed by atoms with Crippen molar-refractivity contribution in [2.75, 3.05) is 13.1 Å². The van der Waals surface area contributed by atoms with Crippen LogP contribution in [0.15, 0.2) is 0 Å². The van der Waals surface area contributed by atoms with Gasteiger partial charge in [-0.05, 0) is 26.3 Å². The van der Waals surface area contributed by atoms with Crippen molar-refractivity contribution >= 4 is 11.9 Å². The summed E-state index contributed by atoms with van der Waals surface area (Å²) >= 11 is 0. The monoisotopic (exact) mass is 246 g/mol. The molecule has 0 saturated heterocycles. The maximum atomic E-state index is 11.3. The number of carbonyl (C=O) groups excluding carboxylic acids is 1. The van der Waals surface area contributed by atoms with Crippen LogP contribution in [-0.2, 0) is 9.59 Å². The number of rotatable bonds is 9. The summed E-state index contributed by atoms with van der Waals surface area (Å²) in [4.78, 5) is 21.8. The number of hydrogen-bond donors (Lipinski definition) is 4. The van der Waals surface area contributed by atoms with Crippen LogP contribution in [0.3, 0.4) is 0 Å². The van der Waals surface area contributed by atoms with Gasteiger partial charge in [0.25, 0.3) is 0 Å². The number of amides is 1. The van der Waals surface area contributed by atoms with E-state index in [1.165, 1.54) is 6.92 Å². The Morgan fingerprint density at radius 2 is 1.94 bits per heavy atom. The normalized spacial score (nSPS) is 14.1. The molecule has 6 heteroatoms. The minimum absolute atomic E-state index is 0.0466. The first-order valence-corrected chi connectivity index (χ1v) is 5.78. The lowest BCUT2D eigenvalue weighted by molar-refractivity contribution is -0.142. The fourth-order valence-electron chi connectivity index (χ4n) is 1.37. The van der Waals surface area contributed by atoms with Crippen LogP contribution >= 0.6 is 0 Å². The third-order valence-electron chi connectivity index (χ3n) is 2.31. The van der Waals surface area contributed by atoms with Crippen LogP contribution in [0.25, 0.3) is 0 Å². The summed E-state index contributed by atoms with van der Waals surface area (Å²) < 4.78 is 0. The molecular weight excluding hydrogens is 224 g/mol. The van der Waals surface area contributed by atoms with Gasteiger partial charge < -0.3 is 21.3 Å². The number of unbranched alkanes of at least 4 members (excludes halogenated alkanes) is 2. The summed E-state index contributed by atoms with van der Waals surface area (Å²) in [5.74, 6) is -1.26. The Morgan fingerprint density at radius 3 is 2.47 bits per heavy atom. The maximum absolute atomic E-state index is 11.3. The summed E-state index contributed by atoms with van der Waals surface area (Å²) in [6.07, 6.45) is 2.53. The Kier molecular flexibility index (Phi) is 7.49. The van der Waals surface area contributed by atoms with Gasteiger partial charge in [0.15, 0.2) is 0 Å². The van der Waals surface area contributed by atoms with E-state index < -0.39 is 11.6 Å². The van der Waals surface area contributed by atoms with Gasteiger partial charge in [-0.15, -0.1) is 0 Å². The van der Waals surface area contributed by atoms with Gasteiger partial charge in [-0.2, -0.15) is 0 Å². The molecule has 6 nitrogen and oxygen atoms in total. The molecule has 0 aromatic carbocycles. The average Bonchev–Trinajstić information content (AvgIpc) is 2.20. The van der Waals surface area contributed by atoms with Gasteiger partial charge >= 0.3 is 5.97 Å². The quantitative estimate of drug-likeness (QED) is 0.422. The molecule has 0 spiro atoms. The molecule has 0 aromatic heterocycles. The lowest BCUT2D eigenvalue weighted by Crippen LogP contribution is -2.42. The lowest BCUT2D eigenvalue weighted by Gasteiger charge is -2.21. The van der Waals surface area contributed by atoms with Crippen LogP contribution in [0.5, 0.6) is 0 Å². The summed E-state index contributed by atoms with van der Waals surface area (Å²) in [6, 6.07) is 0. The molecule has 0 heterocycles. The first kappa shape index (κ1) is 15.9. The van der Waals surface area contributed by atoms with Crippen molar-refractivity contribution in [2.45, 2.75) is 44.6 Å². The standard InChI is InChI=1S/C11H22N2O4/c1-11(17,7-10(15)16)8-13-9(14)5-3-2-4-6-12/h17H,2-8,12H2,1H3,(H,13,14)(H,15,16). The van der Waals surface area contributed by atoms with Crippen LogP contribution in [-0.4, -0.2) is 40.8 Å². The van der Waals surface area contributed by atoms with Crippen molar-refractivity contribution in [1.29, 1.82) is 0 Å². The van der Waals surface area contributed by atoms with E-state index in [4.69, 9.17) is 10.8 Å². The predicted octanol–water partition coefficient (Wildman–Crippen LogP) is -0.153. The molecule has 0 aliphatic heterocycles. The highest BCUT2D eigenvalue weighted by Crippen LogP contribution is 2.07. The lowest BCUT2D eigenvalue weighted by atomic mass is 10.0. The fraction of sp³-hybridized carbons (Fsp3) is 0.818. The zero-order chi connectivity index (χ0) is 13.3. The molecule has 0 bridgehead atoms. The molecule has 5 N–H and O–H groups in total. The van der Waals surface area contributed by atoms with Gasteiger partial charge in [0, 0.05) is 13.0 Å². The highest BCUT2D eigenvalue weighted by Gasteiger charge is 2.24. The number of carboxylic acid groups (broad SMARTS) is 1. The maximum Gasteiger partial charge on any atom is 0.306 e. The van der Waals surface area contributed by atoms with E-state index in [9.17, 15) is 14.7 Å². The van der Waals surface area contributed by atoms with Crippen LogP contribution in [0.2, 0.25) is 0 Å². The van der Waals surface area contributed by atoms with Crippen molar-refractivity contribution in [3.63, 3.8) is 0 Å². The summed E-state index contributed by atoms with van der Waals surface area (Å²) in [5, 5.41) is 20.7. The number of nitrogens with one attached hydrogen (secondary N) is 1. The number of aliphatic carboxylic acids is 1. The zero-order valence-electron chi connectivity index (χ0n) is 10.2. The number of carboxylic acids is 1. The van der Waals surface area contributed by atoms with E-state index in [0.29, 0.717) is 13.0 Å². The van der Waals surface area contributed by atoms with Gasteiger partial charge in [-0.25, -0.2) is 0 Å². The molecule has 0 aliphatic carbocycles. The van der Waals surface area contributed by atoms with Gasteiger partial charge in [0.2, 0.25) is 5.91 Å². The fourth-order valence-corrected chi connectivity index (χ4v) is 1.37. The van der Waals surface area contributed by atoms with Crippen LogP contribution in [0.1, 0.15) is 39.0 Å². The topological polar surface area (TPSA) is 113 Å². The van der Waals surface area contributed by atoms with Gasteiger partial charge in [0.1, 0.15) is 0 Å². The molecule has 1 atom stereocenters. The first-order chi connectivity index (χ1) is 7.87.